The topological polar surface area (TPSA) is 65.3 Å². The Hall–Kier alpha value is -1.57. The summed E-state index contributed by atoms with van der Waals surface area (Å²) in [6, 6.07) is 9.06. The third-order valence-corrected chi connectivity index (χ3v) is 3.94. The molecule has 0 radical (unpaired) electrons. The fourth-order valence-corrected chi connectivity index (χ4v) is 2.75. The van der Waals surface area contributed by atoms with Crippen LogP contribution < -0.4 is 10.1 Å². The van der Waals surface area contributed by atoms with Crippen LogP contribution in [0.4, 0.5) is 0 Å². The summed E-state index contributed by atoms with van der Waals surface area (Å²) >= 11 is 0. The lowest BCUT2D eigenvalue weighted by Crippen LogP contribution is -2.34. The van der Waals surface area contributed by atoms with E-state index in [1.165, 1.54) is 32.1 Å². The first-order valence-electron chi connectivity index (χ1n) is 7.79. The van der Waals surface area contributed by atoms with Gasteiger partial charge in [0.25, 0.3) is 0 Å². The molecule has 1 aromatic rings. The predicted molar refractivity (Wildman–Crippen MR) is 82.1 cm³/mol. The average molecular weight is 288 g/mol. The van der Waals surface area contributed by atoms with Gasteiger partial charge in [-0.05, 0) is 43.5 Å². The van der Waals surface area contributed by atoms with Gasteiger partial charge in [0, 0.05) is 6.54 Å². The molecule has 1 aliphatic rings. The molecular weight excluding hydrogens is 264 g/mol. The molecule has 0 aliphatic heterocycles. The lowest BCUT2D eigenvalue weighted by atomic mass is 9.89. The maximum absolute atomic E-state index is 9.91. The maximum Gasteiger partial charge on any atom is 0.120 e. The maximum atomic E-state index is 9.91. The second kappa shape index (κ2) is 8.66. The molecule has 0 spiro atoms. The molecule has 4 heteroatoms. The summed E-state index contributed by atoms with van der Waals surface area (Å²) in [4.78, 5) is 0. The molecule has 0 heterocycles. The van der Waals surface area contributed by atoms with E-state index < -0.39 is 6.10 Å². The zero-order valence-corrected chi connectivity index (χ0v) is 12.4. The van der Waals surface area contributed by atoms with Gasteiger partial charge in [-0.2, -0.15) is 5.26 Å². The smallest absolute Gasteiger partial charge is 0.120 e. The lowest BCUT2D eigenvalue weighted by molar-refractivity contribution is 0.105. The van der Waals surface area contributed by atoms with Crippen molar-refractivity contribution < 1.29 is 9.84 Å². The first-order chi connectivity index (χ1) is 10.3. The van der Waals surface area contributed by atoms with Gasteiger partial charge in [-0.15, -0.1) is 0 Å². The Bertz CT molecular complexity index is 464. The number of nitrogens with zero attached hydrogens (tertiary/aromatic N) is 1. The Morgan fingerprint density at radius 1 is 1.33 bits per heavy atom. The van der Waals surface area contributed by atoms with Crippen LogP contribution in [0.2, 0.25) is 0 Å². The summed E-state index contributed by atoms with van der Waals surface area (Å²) in [6.07, 6.45) is 6.13. The summed E-state index contributed by atoms with van der Waals surface area (Å²) in [5.41, 5.74) is 0.567. The Labute approximate surface area is 126 Å². The van der Waals surface area contributed by atoms with E-state index in [0.29, 0.717) is 17.9 Å². The number of rotatable bonds is 7. The van der Waals surface area contributed by atoms with E-state index in [-0.39, 0.29) is 6.61 Å². The fraction of sp³-hybridized carbons (Fsp3) is 0.588. The van der Waals surface area contributed by atoms with E-state index >= 15 is 0 Å². The molecule has 1 aliphatic carbocycles. The summed E-state index contributed by atoms with van der Waals surface area (Å²) in [7, 11) is 0. The molecule has 1 unspecified atom stereocenters. The van der Waals surface area contributed by atoms with Crippen molar-refractivity contribution in [2.24, 2.45) is 5.92 Å². The first kappa shape index (κ1) is 15.8. The molecule has 4 nitrogen and oxygen atoms in total. The quantitative estimate of drug-likeness (QED) is 0.809. The minimum Gasteiger partial charge on any atom is -0.491 e. The third-order valence-electron chi connectivity index (χ3n) is 3.94. The summed E-state index contributed by atoms with van der Waals surface area (Å²) in [5, 5.41) is 22.1. The summed E-state index contributed by atoms with van der Waals surface area (Å²) in [5.74, 6) is 1.39. The van der Waals surface area contributed by atoms with Crippen molar-refractivity contribution in [2.75, 3.05) is 19.7 Å². The number of nitriles is 1. The minimum atomic E-state index is -0.528. The number of ether oxygens (including phenoxy) is 1. The van der Waals surface area contributed by atoms with Crippen LogP contribution in [0.1, 0.15) is 37.7 Å². The number of benzene rings is 1. The molecule has 0 amide bonds. The molecule has 1 atom stereocenters. The molecule has 1 fully saturated rings. The Morgan fingerprint density at radius 2 is 2.14 bits per heavy atom. The largest absolute Gasteiger partial charge is 0.491 e. The van der Waals surface area contributed by atoms with E-state index in [0.717, 1.165) is 12.5 Å². The van der Waals surface area contributed by atoms with E-state index in [4.69, 9.17) is 10.00 Å². The van der Waals surface area contributed by atoms with Gasteiger partial charge in [0.05, 0.1) is 11.6 Å². The van der Waals surface area contributed by atoms with Crippen molar-refractivity contribution in [1.82, 2.24) is 5.32 Å². The molecule has 1 saturated carbocycles. The monoisotopic (exact) mass is 288 g/mol. The van der Waals surface area contributed by atoms with Crippen LogP contribution >= 0.6 is 0 Å². The van der Waals surface area contributed by atoms with Crippen molar-refractivity contribution in [3.05, 3.63) is 29.8 Å². The van der Waals surface area contributed by atoms with Crippen LogP contribution in [0.25, 0.3) is 0 Å². The number of hydrogen-bond acceptors (Lipinski definition) is 4. The van der Waals surface area contributed by atoms with Crippen LogP contribution in [-0.2, 0) is 0 Å². The molecule has 2 N–H and O–H groups in total. The molecule has 2 rings (SSSR count). The standard InChI is InChI=1S/C17H24N2O2/c18-10-15-7-4-8-17(9-15)21-13-16(20)12-19-11-14-5-2-1-3-6-14/h4,7-9,14,16,19-20H,1-3,5-6,11-13H2. The number of hydrogen-bond donors (Lipinski definition) is 2. The highest BCUT2D eigenvalue weighted by Crippen LogP contribution is 2.22. The fourth-order valence-electron chi connectivity index (χ4n) is 2.75. The van der Waals surface area contributed by atoms with Crippen molar-refractivity contribution in [3.8, 4) is 11.8 Å². The van der Waals surface area contributed by atoms with Crippen LogP contribution in [0.15, 0.2) is 24.3 Å². The molecular formula is C17H24N2O2. The van der Waals surface area contributed by atoms with Crippen molar-refractivity contribution in [2.45, 2.75) is 38.2 Å². The van der Waals surface area contributed by atoms with Crippen LogP contribution in [0.5, 0.6) is 5.75 Å². The Kier molecular flexibility index (Phi) is 6.52. The van der Waals surface area contributed by atoms with Crippen LogP contribution in [0.3, 0.4) is 0 Å². The average Bonchev–Trinajstić information content (AvgIpc) is 2.54. The van der Waals surface area contributed by atoms with Crippen LogP contribution in [-0.4, -0.2) is 30.9 Å². The normalized spacial score (nSPS) is 17.1. The molecule has 0 bridgehead atoms. The second-order valence-corrected chi connectivity index (χ2v) is 5.77. The highest BCUT2D eigenvalue weighted by Gasteiger charge is 2.13. The molecule has 21 heavy (non-hydrogen) atoms. The Balaban J connectivity index is 1.62. The number of aliphatic hydroxyl groups is 1. The van der Waals surface area contributed by atoms with E-state index in [1.807, 2.05) is 0 Å². The van der Waals surface area contributed by atoms with Gasteiger partial charge >= 0.3 is 0 Å². The van der Waals surface area contributed by atoms with Crippen molar-refractivity contribution >= 4 is 0 Å². The van der Waals surface area contributed by atoms with Crippen molar-refractivity contribution in [1.29, 1.82) is 5.26 Å². The van der Waals surface area contributed by atoms with Gasteiger partial charge in [0.2, 0.25) is 0 Å². The highest BCUT2D eigenvalue weighted by atomic mass is 16.5. The Morgan fingerprint density at radius 3 is 2.90 bits per heavy atom. The molecule has 114 valence electrons. The molecule has 0 saturated heterocycles. The SMILES string of the molecule is N#Cc1cccc(OCC(O)CNCC2CCCCC2)c1. The zero-order valence-electron chi connectivity index (χ0n) is 12.4. The summed E-state index contributed by atoms with van der Waals surface area (Å²) in [6.45, 7) is 1.78. The lowest BCUT2D eigenvalue weighted by Gasteiger charge is -2.22. The van der Waals surface area contributed by atoms with Crippen molar-refractivity contribution in [3.63, 3.8) is 0 Å². The van der Waals surface area contributed by atoms with Gasteiger partial charge in [0.15, 0.2) is 0 Å². The highest BCUT2D eigenvalue weighted by molar-refractivity contribution is 5.36. The van der Waals surface area contributed by atoms with E-state index in [1.54, 1.807) is 24.3 Å². The number of nitrogens with one attached hydrogen (secondary N) is 1. The minimum absolute atomic E-state index is 0.243. The summed E-state index contributed by atoms with van der Waals surface area (Å²) < 4.78 is 5.51. The first-order valence-corrected chi connectivity index (χ1v) is 7.79. The van der Waals surface area contributed by atoms with Gasteiger partial charge in [-0.25, -0.2) is 0 Å². The van der Waals surface area contributed by atoms with Gasteiger partial charge < -0.3 is 15.2 Å². The predicted octanol–water partition coefficient (Wildman–Crippen LogP) is 2.47. The molecule has 0 aromatic heterocycles. The number of aliphatic hydroxyl groups excluding tert-OH is 1. The zero-order chi connectivity index (χ0) is 14.9. The van der Waals surface area contributed by atoms with E-state index in [2.05, 4.69) is 11.4 Å². The second-order valence-electron chi connectivity index (χ2n) is 5.77. The molecule has 1 aromatic carbocycles. The van der Waals surface area contributed by atoms with Gasteiger partial charge in [0.1, 0.15) is 18.5 Å². The van der Waals surface area contributed by atoms with Gasteiger partial charge in [-0.1, -0.05) is 25.3 Å². The van der Waals surface area contributed by atoms with E-state index in [9.17, 15) is 5.11 Å². The van der Waals surface area contributed by atoms with Crippen LogP contribution in [0, 0.1) is 17.2 Å². The third kappa shape index (κ3) is 5.74. The van der Waals surface area contributed by atoms with Gasteiger partial charge in [-0.3, -0.25) is 0 Å².